The molecule has 0 atom stereocenters. The van der Waals surface area contributed by atoms with Gasteiger partial charge in [-0.2, -0.15) is 0 Å². The molecule has 6 heteroatoms. The first-order valence-corrected chi connectivity index (χ1v) is 7.87. The molecule has 0 spiro atoms. The van der Waals surface area contributed by atoms with E-state index < -0.39 is 18.3 Å². The SMILES string of the molecule is CC(C)C(=O)Nc1ccc(B2OC(C)(C)C(C)(C)O2)c(Cl)c1. The monoisotopic (exact) mass is 323 g/mol. The van der Waals surface area contributed by atoms with Crippen LogP contribution in [0.4, 0.5) is 5.69 Å². The molecule has 120 valence electrons. The minimum atomic E-state index is -0.507. The van der Waals surface area contributed by atoms with E-state index >= 15 is 0 Å². The fraction of sp³-hybridized carbons (Fsp3) is 0.562. The molecule has 1 aromatic carbocycles. The van der Waals surface area contributed by atoms with E-state index in [1.54, 1.807) is 6.07 Å². The van der Waals surface area contributed by atoms with Crippen LogP contribution in [0, 0.1) is 5.92 Å². The summed E-state index contributed by atoms with van der Waals surface area (Å²) in [4.78, 5) is 11.7. The Bertz CT molecular complexity index is 571. The van der Waals surface area contributed by atoms with E-state index in [2.05, 4.69) is 5.32 Å². The summed E-state index contributed by atoms with van der Waals surface area (Å²) in [5.41, 5.74) is 0.615. The maximum Gasteiger partial charge on any atom is 0.496 e. The van der Waals surface area contributed by atoms with Crippen LogP contribution in [0.1, 0.15) is 41.5 Å². The summed E-state index contributed by atoms with van der Waals surface area (Å²) in [5.74, 6) is -0.124. The molecule has 0 radical (unpaired) electrons. The number of halogens is 1. The normalized spacial score (nSPS) is 19.5. The van der Waals surface area contributed by atoms with E-state index in [9.17, 15) is 4.79 Å². The third-order valence-electron chi connectivity index (χ3n) is 4.30. The number of nitrogens with one attached hydrogen (secondary N) is 1. The lowest BCUT2D eigenvalue weighted by molar-refractivity contribution is -0.118. The molecule has 0 unspecified atom stereocenters. The molecule has 4 nitrogen and oxygen atoms in total. The number of carbonyl (C=O) groups excluding carboxylic acids is 1. The number of amides is 1. The number of anilines is 1. The van der Waals surface area contributed by atoms with Crippen molar-refractivity contribution in [2.24, 2.45) is 5.92 Å². The Labute approximate surface area is 137 Å². The van der Waals surface area contributed by atoms with Crippen LogP contribution in [0.15, 0.2) is 18.2 Å². The fourth-order valence-corrected chi connectivity index (χ4v) is 2.32. The molecular weight excluding hydrogens is 300 g/mol. The zero-order valence-electron chi connectivity index (χ0n) is 14.0. The number of hydrogen-bond donors (Lipinski definition) is 1. The maximum atomic E-state index is 11.7. The summed E-state index contributed by atoms with van der Waals surface area (Å²) < 4.78 is 12.0. The molecule has 1 aliphatic rings. The minimum Gasteiger partial charge on any atom is -0.399 e. The molecule has 22 heavy (non-hydrogen) atoms. The first kappa shape index (κ1) is 17.3. The van der Waals surface area contributed by atoms with Gasteiger partial charge in [0.1, 0.15) is 0 Å². The molecule has 0 aliphatic carbocycles. The Hall–Kier alpha value is -1.04. The van der Waals surface area contributed by atoms with E-state index in [0.717, 1.165) is 5.46 Å². The number of carbonyl (C=O) groups is 1. The lowest BCUT2D eigenvalue weighted by atomic mass is 9.79. The van der Waals surface area contributed by atoms with E-state index in [0.29, 0.717) is 10.7 Å². The fourth-order valence-electron chi connectivity index (χ4n) is 2.05. The molecule has 1 saturated heterocycles. The van der Waals surface area contributed by atoms with Gasteiger partial charge in [0.05, 0.1) is 11.2 Å². The van der Waals surface area contributed by atoms with Crippen molar-refractivity contribution in [3.63, 3.8) is 0 Å². The van der Waals surface area contributed by atoms with E-state index in [1.807, 2.05) is 53.7 Å². The zero-order valence-corrected chi connectivity index (χ0v) is 14.7. The van der Waals surface area contributed by atoms with Crippen LogP contribution in [0.5, 0.6) is 0 Å². The predicted octanol–water partition coefficient (Wildman–Crippen LogP) is 3.23. The van der Waals surface area contributed by atoms with Crippen molar-refractivity contribution in [1.29, 1.82) is 0 Å². The van der Waals surface area contributed by atoms with Gasteiger partial charge in [-0.05, 0) is 39.8 Å². The molecule has 1 heterocycles. The van der Waals surface area contributed by atoms with Crippen LogP contribution in [0.25, 0.3) is 0 Å². The van der Waals surface area contributed by atoms with Crippen LogP contribution in [-0.4, -0.2) is 24.2 Å². The maximum absolute atomic E-state index is 11.7. The quantitative estimate of drug-likeness (QED) is 0.869. The van der Waals surface area contributed by atoms with Gasteiger partial charge in [-0.15, -0.1) is 0 Å². The summed E-state index contributed by atoms with van der Waals surface area (Å²) in [5, 5.41) is 3.34. The van der Waals surface area contributed by atoms with Gasteiger partial charge in [-0.25, -0.2) is 0 Å². The van der Waals surface area contributed by atoms with Gasteiger partial charge in [-0.1, -0.05) is 31.5 Å². The molecule has 2 rings (SSSR count). The second kappa shape index (κ2) is 5.87. The van der Waals surface area contributed by atoms with Gasteiger partial charge in [-0.3, -0.25) is 4.79 Å². The Morgan fingerprint density at radius 3 is 2.18 bits per heavy atom. The smallest absolute Gasteiger partial charge is 0.399 e. The predicted molar refractivity (Wildman–Crippen MR) is 90.6 cm³/mol. The molecule has 1 N–H and O–H groups in total. The first-order chi connectivity index (χ1) is 10.0. The molecular formula is C16H23BClNO3. The summed E-state index contributed by atoms with van der Waals surface area (Å²) in [6.45, 7) is 11.7. The molecule has 1 aliphatic heterocycles. The van der Waals surface area contributed by atoms with Crippen molar-refractivity contribution in [2.75, 3.05) is 5.32 Å². The van der Waals surface area contributed by atoms with Crippen LogP contribution < -0.4 is 10.8 Å². The second-order valence-corrected chi connectivity index (χ2v) is 7.38. The van der Waals surface area contributed by atoms with Crippen molar-refractivity contribution < 1.29 is 14.1 Å². The van der Waals surface area contributed by atoms with Crippen LogP contribution in [0.2, 0.25) is 5.02 Å². The summed E-state index contributed by atoms with van der Waals surface area (Å²) in [6.07, 6.45) is 0. The third kappa shape index (κ3) is 3.32. The zero-order chi connectivity index (χ0) is 16.7. The third-order valence-corrected chi connectivity index (χ3v) is 4.63. The van der Waals surface area contributed by atoms with E-state index in [-0.39, 0.29) is 11.8 Å². The standard InChI is InChI=1S/C16H23BClNO3/c1-10(2)14(20)19-11-7-8-12(13(18)9-11)17-21-15(3,4)16(5,6)22-17/h7-10H,1-6H3,(H,19,20). The number of benzene rings is 1. The molecule has 1 fully saturated rings. The van der Waals surface area contributed by atoms with Gasteiger partial charge in [0.2, 0.25) is 5.91 Å². The Morgan fingerprint density at radius 1 is 1.18 bits per heavy atom. The molecule has 1 amide bonds. The van der Waals surface area contributed by atoms with Crippen LogP contribution >= 0.6 is 11.6 Å². The highest BCUT2D eigenvalue weighted by Gasteiger charge is 2.52. The van der Waals surface area contributed by atoms with Crippen molar-refractivity contribution in [3.8, 4) is 0 Å². The lowest BCUT2D eigenvalue weighted by Crippen LogP contribution is -2.41. The van der Waals surface area contributed by atoms with Crippen molar-refractivity contribution in [1.82, 2.24) is 0 Å². The number of hydrogen-bond acceptors (Lipinski definition) is 3. The largest absolute Gasteiger partial charge is 0.496 e. The number of rotatable bonds is 3. The topological polar surface area (TPSA) is 47.6 Å². The highest BCUT2D eigenvalue weighted by atomic mass is 35.5. The lowest BCUT2D eigenvalue weighted by Gasteiger charge is -2.32. The van der Waals surface area contributed by atoms with Crippen LogP contribution in [0.3, 0.4) is 0 Å². The summed E-state index contributed by atoms with van der Waals surface area (Å²) in [6, 6.07) is 5.37. The van der Waals surface area contributed by atoms with Crippen LogP contribution in [-0.2, 0) is 14.1 Å². The molecule has 1 aromatic rings. The first-order valence-electron chi connectivity index (χ1n) is 7.49. The van der Waals surface area contributed by atoms with Gasteiger partial charge < -0.3 is 14.6 Å². The average molecular weight is 324 g/mol. The highest BCUT2D eigenvalue weighted by molar-refractivity contribution is 6.65. The van der Waals surface area contributed by atoms with Gasteiger partial charge in [0, 0.05) is 22.1 Å². The minimum absolute atomic E-state index is 0.0422. The molecule has 0 saturated carbocycles. The summed E-state index contributed by atoms with van der Waals surface area (Å²) in [7, 11) is -0.507. The van der Waals surface area contributed by atoms with E-state index in [4.69, 9.17) is 20.9 Å². The van der Waals surface area contributed by atoms with Crippen molar-refractivity contribution >= 4 is 35.8 Å². The molecule has 0 aromatic heterocycles. The van der Waals surface area contributed by atoms with Gasteiger partial charge >= 0.3 is 7.12 Å². The van der Waals surface area contributed by atoms with Gasteiger partial charge in [0.25, 0.3) is 0 Å². The highest BCUT2D eigenvalue weighted by Crippen LogP contribution is 2.37. The average Bonchev–Trinajstić information content (AvgIpc) is 2.58. The van der Waals surface area contributed by atoms with Crippen molar-refractivity contribution in [2.45, 2.75) is 52.7 Å². The van der Waals surface area contributed by atoms with Crippen molar-refractivity contribution in [3.05, 3.63) is 23.2 Å². The molecule has 0 bridgehead atoms. The Balaban J connectivity index is 2.20. The van der Waals surface area contributed by atoms with Gasteiger partial charge in [0.15, 0.2) is 0 Å². The second-order valence-electron chi connectivity index (χ2n) is 6.97. The van der Waals surface area contributed by atoms with E-state index in [1.165, 1.54) is 0 Å². The Kier molecular flexibility index (Phi) is 4.62. The summed E-state index contributed by atoms with van der Waals surface area (Å²) >= 11 is 6.35. The Morgan fingerprint density at radius 2 is 1.73 bits per heavy atom.